The Labute approximate surface area is 212 Å². The molecule has 0 saturated heterocycles. The molecule has 0 aliphatic carbocycles. The van der Waals surface area contributed by atoms with Crippen LogP contribution in [0.25, 0.3) is 27.6 Å². The zero-order valence-electron chi connectivity index (χ0n) is 19.3. The first-order valence-corrected chi connectivity index (χ1v) is 12.1. The molecule has 5 rings (SSSR count). The SMILES string of the molecule is Cc1ccc(NC(=O)CSc2nc3c([nH]c4ccccc43)c(=O)n2-c2ccc(OC(F)(F)F)cc2)cc1. The Hall–Kier alpha value is -4.25. The predicted octanol–water partition coefficient (Wildman–Crippen LogP) is 5.80. The molecular formula is C26H19F3N4O3S. The molecule has 5 aromatic rings. The molecule has 1 amide bonds. The largest absolute Gasteiger partial charge is 0.573 e. The molecule has 0 aliphatic rings. The number of aromatic amines is 1. The molecule has 0 spiro atoms. The van der Waals surface area contributed by atoms with E-state index in [1.54, 1.807) is 12.1 Å². The summed E-state index contributed by atoms with van der Waals surface area (Å²) in [4.78, 5) is 33.9. The van der Waals surface area contributed by atoms with Crippen molar-refractivity contribution in [3.63, 3.8) is 0 Å². The van der Waals surface area contributed by atoms with E-state index in [1.807, 2.05) is 43.3 Å². The maximum Gasteiger partial charge on any atom is 0.573 e. The highest BCUT2D eigenvalue weighted by Gasteiger charge is 2.31. The van der Waals surface area contributed by atoms with Crippen molar-refractivity contribution >= 4 is 45.3 Å². The van der Waals surface area contributed by atoms with Gasteiger partial charge in [-0.2, -0.15) is 0 Å². The summed E-state index contributed by atoms with van der Waals surface area (Å²) in [5.74, 6) is -0.776. The number of fused-ring (bicyclic) bond motifs is 3. The second-order valence-electron chi connectivity index (χ2n) is 8.17. The molecule has 2 heterocycles. The number of H-pyrrole nitrogens is 1. The van der Waals surface area contributed by atoms with Gasteiger partial charge in [0.25, 0.3) is 5.56 Å². The zero-order chi connectivity index (χ0) is 26.2. The molecule has 37 heavy (non-hydrogen) atoms. The van der Waals surface area contributed by atoms with E-state index in [0.717, 1.165) is 34.8 Å². The van der Waals surface area contributed by atoms with Gasteiger partial charge in [-0.25, -0.2) is 4.98 Å². The summed E-state index contributed by atoms with van der Waals surface area (Å²) >= 11 is 1.04. The van der Waals surface area contributed by atoms with E-state index in [4.69, 9.17) is 0 Å². The lowest BCUT2D eigenvalue weighted by molar-refractivity contribution is -0.274. The average Bonchev–Trinajstić information content (AvgIpc) is 3.23. The van der Waals surface area contributed by atoms with Crippen LogP contribution in [-0.4, -0.2) is 32.6 Å². The first kappa shape index (κ1) is 24.4. The highest BCUT2D eigenvalue weighted by molar-refractivity contribution is 7.99. The number of thioether (sulfide) groups is 1. The summed E-state index contributed by atoms with van der Waals surface area (Å²) in [6.07, 6.45) is -4.84. The normalized spacial score (nSPS) is 11.7. The minimum absolute atomic E-state index is 0.0521. The fraction of sp³-hybridized carbons (Fsp3) is 0.115. The number of alkyl halides is 3. The summed E-state index contributed by atoms with van der Waals surface area (Å²) in [5.41, 5.74) is 2.90. The lowest BCUT2D eigenvalue weighted by atomic mass is 10.2. The van der Waals surface area contributed by atoms with Gasteiger partial charge in [0.15, 0.2) is 5.16 Å². The summed E-state index contributed by atoms with van der Waals surface area (Å²) in [7, 11) is 0. The third-order valence-electron chi connectivity index (χ3n) is 5.49. The Kier molecular flexibility index (Phi) is 6.38. The Balaban J connectivity index is 1.53. The number of para-hydroxylation sites is 1. The van der Waals surface area contributed by atoms with Gasteiger partial charge in [-0.15, -0.1) is 13.2 Å². The molecule has 188 valence electrons. The van der Waals surface area contributed by atoms with Crippen LogP contribution in [0.3, 0.4) is 0 Å². The number of halogens is 3. The third kappa shape index (κ3) is 5.31. The summed E-state index contributed by atoms with van der Waals surface area (Å²) in [5, 5.41) is 3.75. The van der Waals surface area contributed by atoms with Crippen LogP contribution in [0.15, 0.2) is 82.7 Å². The van der Waals surface area contributed by atoms with Crippen LogP contribution in [0.5, 0.6) is 5.75 Å². The molecule has 7 nitrogen and oxygen atoms in total. The van der Waals surface area contributed by atoms with Gasteiger partial charge < -0.3 is 15.0 Å². The molecule has 2 N–H and O–H groups in total. The van der Waals surface area contributed by atoms with E-state index in [2.05, 4.69) is 20.0 Å². The quantitative estimate of drug-likeness (QED) is 0.216. The van der Waals surface area contributed by atoms with Crippen molar-refractivity contribution in [1.82, 2.24) is 14.5 Å². The number of nitrogens with one attached hydrogen (secondary N) is 2. The number of anilines is 1. The number of carbonyl (C=O) groups excluding carboxylic acids is 1. The van der Waals surface area contributed by atoms with Crippen LogP contribution in [0.1, 0.15) is 5.56 Å². The molecule has 0 atom stereocenters. The Morgan fingerprint density at radius 2 is 1.76 bits per heavy atom. The smallest absolute Gasteiger partial charge is 0.406 e. The molecule has 11 heteroatoms. The summed E-state index contributed by atoms with van der Waals surface area (Å²) in [6, 6.07) is 19.5. The first-order valence-electron chi connectivity index (χ1n) is 11.1. The van der Waals surface area contributed by atoms with Gasteiger partial charge in [-0.05, 0) is 49.4 Å². The minimum atomic E-state index is -4.84. The van der Waals surface area contributed by atoms with Crippen LogP contribution in [0.2, 0.25) is 0 Å². The van der Waals surface area contributed by atoms with Crippen LogP contribution in [0, 0.1) is 6.92 Å². The van der Waals surface area contributed by atoms with Gasteiger partial charge in [-0.1, -0.05) is 47.7 Å². The number of aromatic nitrogens is 3. The van der Waals surface area contributed by atoms with Crippen LogP contribution in [-0.2, 0) is 4.79 Å². The van der Waals surface area contributed by atoms with Crippen molar-refractivity contribution in [2.24, 2.45) is 0 Å². The fourth-order valence-corrected chi connectivity index (χ4v) is 4.63. The third-order valence-corrected chi connectivity index (χ3v) is 6.43. The van der Waals surface area contributed by atoms with Crippen molar-refractivity contribution < 1.29 is 22.7 Å². The summed E-state index contributed by atoms with van der Waals surface area (Å²) < 4.78 is 43.0. The predicted molar refractivity (Wildman–Crippen MR) is 136 cm³/mol. The second kappa shape index (κ2) is 9.66. The van der Waals surface area contributed by atoms with Gasteiger partial charge >= 0.3 is 6.36 Å². The zero-order valence-corrected chi connectivity index (χ0v) is 20.1. The number of rotatable bonds is 6. The van der Waals surface area contributed by atoms with Gasteiger partial charge in [0.1, 0.15) is 16.8 Å². The maximum atomic E-state index is 13.6. The van der Waals surface area contributed by atoms with Gasteiger partial charge in [-0.3, -0.25) is 14.2 Å². The second-order valence-corrected chi connectivity index (χ2v) is 9.12. The van der Waals surface area contributed by atoms with Crippen molar-refractivity contribution in [2.75, 3.05) is 11.1 Å². The minimum Gasteiger partial charge on any atom is -0.406 e. The van der Waals surface area contributed by atoms with E-state index < -0.39 is 17.7 Å². The summed E-state index contributed by atoms with van der Waals surface area (Å²) in [6.45, 7) is 1.94. The lowest BCUT2D eigenvalue weighted by Crippen LogP contribution is -2.23. The number of benzene rings is 3. The number of nitrogens with zero attached hydrogens (tertiary/aromatic N) is 2. The van der Waals surface area contributed by atoms with Crippen molar-refractivity contribution in [1.29, 1.82) is 0 Å². The highest BCUT2D eigenvalue weighted by atomic mass is 32.2. The monoisotopic (exact) mass is 524 g/mol. The van der Waals surface area contributed by atoms with E-state index in [1.165, 1.54) is 16.7 Å². The Morgan fingerprint density at radius 3 is 2.46 bits per heavy atom. The Morgan fingerprint density at radius 1 is 1.05 bits per heavy atom. The molecule has 0 radical (unpaired) electrons. The molecule has 0 unspecified atom stereocenters. The standard InChI is InChI=1S/C26H19F3N4O3S/c1-15-6-8-16(9-7-15)30-21(34)14-37-25-32-22-19-4-2-3-5-20(19)31-23(22)24(35)33(25)17-10-12-18(13-11-17)36-26(27,28)29/h2-13,31H,14H2,1H3,(H,30,34). The molecular weight excluding hydrogens is 505 g/mol. The molecule has 0 fully saturated rings. The van der Waals surface area contributed by atoms with Crippen molar-refractivity contribution in [3.8, 4) is 11.4 Å². The van der Waals surface area contributed by atoms with Crippen molar-refractivity contribution in [3.05, 3.63) is 88.7 Å². The molecule has 2 aromatic heterocycles. The van der Waals surface area contributed by atoms with E-state index in [0.29, 0.717) is 16.7 Å². The van der Waals surface area contributed by atoms with Gasteiger partial charge in [0.2, 0.25) is 5.91 Å². The number of aryl methyl sites for hydroxylation is 1. The number of carbonyl (C=O) groups is 1. The topological polar surface area (TPSA) is 89.0 Å². The van der Waals surface area contributed by atoms with Crippen molar-refractivity contribution in [2.45, 2.75) is 18.4 Å². The molecule has 0 aliphatic heterocycles. The Bertz CT molecular complexity index is 1660. The number of hydrogen-bond donors (Lipinski definition) is 2. The maximum absolute atomic E-state index is 13.6. The molecule has 3 aromatic carbocycles. The first-order chi connectivity index (χ1) is 17.7. The van der Waals surface area contributed by atoms with Gasteiger partial charge in [0.05, 0.1) is 11.4 Å². The van der Waals surface area contributed by atoms with Gasteiger partial charge in [0, 0.05) is 16.6 Å². The highest BCUT2D eigenvalue weighted by Crippen LogP contribution is 2.28. The number of hydrogen-bond acceptors (Lipinski definition) is 5. The molecule has 0 saturated carbocycles. The average molecular weight is 525 g/mol. The number of ether oxygens (including phenoxy) is 1. The lowest BCUT2D eigenvalue weighted by Gasteiger charge is -2.13. The molecule has 0 bridgehead atoms. The van der Waals surface area contributed by atoms with Crippen LogP contribution < -0.4 is 15.6 Å². The van der Waals surface area contributed by atoms with E-state index in [9.17, 15) is 22.8 Å². The van der Waals surface area contributed by atoms with E-state index >= 15 is 0 Å². The van der Waals surface area contributed by atoms with Crippen LogP contribution >= 0.6 is 11.8 Å². The van der Waals surface area contributed by atoms with Crippen LogP contribution in [0.4, 0.5) is 18.9 Å². The number of amides is 1. The van der Waals surface area contributed by atoms with E-state index in [-0.39, 0.29) is 28.0 Å². The fourth-order valence-electron chi connectivity index (χ4n) is 3.83.